The molecule has 1 atom stereocenters. The van der Waals surface area contributed by atoms with Crippen LogP contribution in [0.1, 0.15) is 54.6 Å². The molecule has 1 aromatic carbocycles. The summed E-state index contributed by atoms with van der Waals surface area (Å²) in [5.41, 5.74) is 3.74. The maximum atomic E-state index is 13.4. The molecule has 8 nitrogen and oxygen atoms in total. The zero-order chi connectivity index (χ0) is 23.4. The minimum atomic E-state index is -0.696. The number of benzene rings is 1. The average Bonchev–Trinajstić information content (AvgIpc) is 3.29. The van der Waals surface area contributed by atoms with Gasteiger partial charge in [0, 0.05) is 23.5 Å². The summed E-state index contributed by atoms with van der Waals surface area (Å²) in [4.78, 5) is 21.2. The van der Waals surface area contributed by atoms with Gasteiger partial charge in [-0.1, -0.05) is 12.1 Å². The highest BCUT2D eigenvalue weighted by Gasteiger charge is 2.22. The Balaban J connectivity index is 1.47. The SMILES string of the molecule is Cc1cnc(Nc2cnn([C@H]3CC[C@H](F)CC3)c2)nc1-c1ccc(C(=O)N[C@@H](C)C#N)cc1. The topological polar surface area (TPSA) is 109 Å². The van der Waals surface area contributed by atoms with Gasteiger partial charge in [-0.2, -0.15) is 10.4 Å². The Morgan fingerprint density at radius 1 is 1.21 bits per heavy atom. The molecule has 1 amide bonds. The van der Waals surface area contributed by atoms with Gasteiger partial charge in [-0.15, -0.1) is 0 Å². The fourth-order valence-corrected chi connectivity index (χ4v) is 3.92. The fraction of sp³-hybridized carbons (Fsp3) is 0.375. The molecule has 2 heterocycles. The van der Waals surface area contributed by atoms with Gasteiger partial charge >= 0.3 is 0 Å². The zero-order valence-electron chi connectivity index (χ0n) is 18.6. The number of nitrogens with zero attached hydrogens (tertiary/aromatic N) is 5. The van der Waals surface area contributed by atoms with E-state index >= 15 is 0 Å². The Hall–Kier alpha value is -3.80. The van der Waals surface area contributed by atoms with Gasteiger partial charge < -0.3 is 10.6 Å². The molecule has 1 saturated carbocycles. The Bertz CT molecular complexity index is 1160. The van der Waals surface area contributed by atoms with Crippen LogP contribution in [0.5, 0.6) is 0 Å². The summed E-state index contributed by atoms with van der Waals surface area (Å²) in [5, 5.41) is 19.1. The van der Waals surface area contributed by atoms with Crippen molar-refractivity contribution in [3.63, 3.8) is 0 Å². The Morgan fingerprint density at radius 2 is 1.94 bits per heavy atom. The van der Waals surface area contributed by atoms with E-state index in [1.165, 1.54) is 0 Å². The van der Waals surface area contributed by atoms with Crippen LogP contribution in [0.3, 0.4) is 0 Å². The number of anilines is 2. The number of rotatable bonds is 6. The largest absolute Gasteiger partial charge is 0.337 e. The van der Waals surface area contributed by atoms with Crippen molar-refractivity contribution in [3.8, 4) is 17.3 Å². The normalized spacial score (nSPS) is 18.8. The Kier molecular flexibility index (Phi) is 6.63. The highest BCUT2D eigenvalue weighted by molar-refractivity contribution is 5.95. The third-order valence-corrected chi connectivity index (χ3v) is 5.79. The predicted octanol–water partition coefficient (Wildman–Crippen LogP) is 4.49. The molecule has 33 heavy (non-hydrogen) atoms. The van der Waals surface area contributed by atoms with Crippen molar-refractivity contribution in [2.45, 2.75) is 57.8 Å². The standard InChI is InChI=1S/C24H26FN7O/c1-15-12-27-24(30-20-13-28-32(14-20)21-9-7-19(25)8-10-21)31-22(15)17-3-5-18(6-4-17)23(33)29-16(2)11-26/h3-6,12-14,16,19,21H,7-10H2,1-2H3,(H,29,33)(H,27,30,31)/t16-,19-,21-/m0/s1. The molecule has 1 aliphatic rings. The van der Waals surface area contributed by atoms with Crippen LogP contribution in [0, 0.1) is 18.3 Å². The molecular formula is C24H26FN7O. The summed E-state index contributed by atoms with van der Waals surface area (Å²) < 4.78 is 15.3. The lowest BCUT2D eigenvalue weighted by Gasteiger charge is -2.24. The molecule has 2 N–H and O–H groups in total. The average molecular weight is 448 g/mol. The lowest BCUT2D eigenvalue weighted by molar-refractivity contribution is 0.0948. The maximum absolute atomic E-state index is 13.4. The molecule has 2 aromatic heterocycles. The van der Waals surface area contributed by atoms with Crippen LogP contribution in [0.2, 0.25) is 0 Å². The van der Waals surface area contributed by atoms with E-state index in [2.05, 4.69) is 25.7 Å². The van der Waals surface area contributed by atoms with E-state index < -0.39 is 12.2 Å². The Morgan fingerprint density at radius 3 is 2.64 bits per heavy atom. The minimum absolute atomic E-state index is 0.217. The highest BCUT2D eigenvalue weighted by atomic mass is 19.1. The number of nitriles is 1. The molecule has 0 spiro atoms. The third kappa shape index (κ3) is 5.34. The van der Waals surface area contributed by atoms with Crippen molar-refractivity contribution in [3.05, 3.63) is 54.0 Å². The molecule has 0 unspecified atom stereocenters. The third-order valence-electron chi connectivity index (χ3n) is 5.79. The number of carbonyl (C=O) groups excluding carboxylic acids is 1. The number of amides is 1. The first-order valence-electron chi connectivity index (χ1n) is 11.0. The number of hydrogen-bond acceptors (Lipinski definition) is 6. The molecule has 0 saturated heterocycles. The van der Waals surface area contributed by atoms with Crippen molar-refractivity contribution < 1.29 is 9.18 Å². The van der Waals surface area contributed by atoms with Crippen LogP contribution in [-0.4, -0.2) is 37.9 Å². The van der Waals surface area contributed by atoms with Crippen LogP contribution < -0.4 is 10.6 Å². The molecule has 1 aliphatic carbocycles. The Labute approximate surface area is 191 Å². The molecule has 0 radical (unpaired) electrons. The van der Waals surface area contributed by atoms with Crippen LogP contribution in [0.4, 0.5) is 16.0 Å². The van der Waals surface area contributed by atoms with Gasteiger partial charge in [0.05, 0.1) is 29.7 Å². The smallest absolute Gasteiger partial charge is 0.252 e. The van der Waals surface area contributed by atoms with E-state index in [9.17, 15) is 9.18 Å². The van der Waals surface area contributed by atoms with Crippen LogP contribution in [0.15, 0.2) is 42.9 Å². The number of nitrogens with one attached hydrogen (secondary N) is 2. The van der Waals surface area contributed by atoms with Crippen LogP contribution in [-0.2, 0) is 0 Å². The van der Waals surface area contributed by atoms with E-state index in [1.807, 2.05) is 36.0 Å². The molecular weight excluding hydrogens is 421 g/mol. The first kappa shape index (κ1) is 22.4. The van der Waals surface area contributed by atoms with Gasteiger partial charge in [-0.25, -0.2) is 14.4 Å². The monoisotopic (exact) mass is 447 g/mol. The number of hydrogen-bond donors (Lipinski definition) is 2. The van der Waals surface area contributed by atoms with Gasteiger partial charge in [-0.3, -0.25) is 9.48 Å². The number of aromatic nitrogens is 4. The van der Waals surface area contributed by atoms with E-state index in [4.69, 9.17) is 5.26 Å². The van der Waals surface area contributed by atoms with Crippen molar-refractivity contribution in [2.24, 2.45) is 0 Å². The van der Waals surface area contributed by atoms with Crippen molar-refractivity contribution in [1.82, 2.24) is 25.1 Å². The van der Waals surface area contributed by atoms with Crippen molar-refractivity contribution in [2.75, 3.05) is 5.32 Å². The summed E-state index contributed by atoms with van der Waals surface area (Å²) in [6.45, 7) is 3.55. The molecule has 0 aliphatic heterocycles. The molecule has 3 aromatic rings. The summed E-state index contributed by atoms with van der Waals surface area (Å²) in [6.07, 6.45) is 7.41. The van der Waals surface area contributed by atoms with E-state index in [0.29, 0.717) is 24.4 Å². The first-order chi connectivity index (χ1) is 15.9. The van der Waals surface area contributed by atoms with Crippen molar-refractivity contribution in [1.29, 1.82) is 5.26 Å². The van der Waals surface area contributed by atoms with Crippen LogP contribution in [0.25, 0.3) is 11.3 Å². The second-order valence-electron chi connectivity index (χ2n) is 8.37. The van der Waals surface area contributed by atoms with Gasteiger partial charge in [-0.05, 0) is 57.2 Å². The van der Waals surface area contributed by atoms with Gasteiger partial charge in [0.15, 0.2) is 0 Å². The predicted molar refractivity (Wildman–Crippen MR) is 123 cm³/mol. The number of halogens is 1. The first-order valence-corrected chi connectivity index (χ1v) is 11.0. The lowest BCUT2D eigenvalue weighted by atomic mass is 9.94. The molecule has 170 valence electrons. The summed E-state index contributed by atoms with van der Waals surface area (Å²) in [6, 6.07) is 8.70. The second-order valence-corrected chi connectivity index (χ2v) is 8.37. The lowest BCUT2D eigenvalue weighted by Crippen LogP contribution is -2.31. The summed E-state index contributed by atoms with van der Waals surface area (Å²) >= 11 is 0. The second kappa shape index (κ2) is 9.77. The maximum Gasteiger partial charge on any atom is 0.252 e. The highest BCUT2D eigenvalue weighted by Crippen LogP contribution is 2.30. The summed E-state index contributed by atoms with van der Waals surface area (Å²) in [5.74, 6) is 0.140. The van der Waals surface area contributed by atoms with Gasteiger partial charge in [0.1, 0.15) is 12.2 Å². The molecule has 4 rings (SSSR count). The van der Waals surface area contributed by atoms with Gasteiger partial charge in [0.2, 0.25) is 5.95 Å². The minimum Gasteiger partial charge on any atom is -0.337 e. The number of carbonyl (C=O) groups is 1. The zero-order valence-corrected chi connectivity index (χ0v) is 18.6. The number of aryl methyl sites for hydroxylation is 1. The summed E-state index contributed by atoms with van der Waals surface area (Å²) in [7, 11) is 0. The molecule has 0 bridgehead atoms. The fourth-order valence-electron chi connectivity index (χ4n) is 3.92. The van der Waals surface area contributed by atoms with Gasteiger partial charge in [0.25, 0.3) is 5.91 Å². The number of alkyl halides is 1. The van der Waals surface area contributed by atoms with E-state index in [1.54, 1.807) is 31.5 Å². The van der Waals surface area contributed by atoms with Crippen LogP contribution >= 0.6 is 0 Å². The van der Waals surface area contributed by atoms with E-state index in [-0.39, 0.29) is 11.9 Å². The molecule has 1 fully saturated rings. The van der Waals surface area contributed by atoms with E-state index in [0.717, 1.165) is 35.3 Å². The quantitative estimate of drug-likeness (QED) is 0.576. The van der Waals surface area contributed by atoms with Crippen molar-refractivity contribution >= 4 is 17.5 Å². The molecule has 9 heteroatoms.